The number of hydrogen-bond donors (Lipinski definition) is 0. The van der Waals surface area contributed by atoms with Crippen LogP contribution in [0.25, 0.3) is 0 Å². The SMILES string of the molecule is CCN(CC)C(=O)c1cc(Cl)c(Cl)c(S(=O)(=O)Cl)c1. The highest BCUT2D eigenvalue weighted by atomic mass is 35.7. The summed E-state index contributed by atoms with van der Waals surface area (Å²) in [6.45, 7) is 4.63. The van der Waals surface area contributed by atoms with Crippen molar-refractivity contribution >= 4 is 48.8 Å². The van der Waals surface area contributed by atoms with Gasteiger partial charge in [-0.25, -0.2) is 8.42 Å². The lowest BCUT2D eigenvalue weighted by molar-refractivity contribution is 0.0773. The molecule has 1 aromatic rings. The molecule has 0 aliphatic rings. The van der Waals surface area contributed by atoms with Crippen molar-refractivity contribution in [1.29, 1.82) is 0 Å². The Balaban J connectivity index is 3.40. The normalized spacial score (nSPS) is 11.4. The summed E-state index contributed by atoms with van der Waals surface area (Å²) >= 11 is 11.6. The number of halogens is 3. The van der Waals surface area contributed by atoms with E-state index in [1.165, 1.54) is 11.0 Å². The number of benzene rings is 1. The number of amides is 1. The Morgan fingerprint density at radius 3 is 2.16 bits per heavy atom. The number of nitrogens with zero attached hydrogens (tertiary/aromatic N) is 1. The molecule has 0 heterocycles. The number of hydrogen-bond acceptors (Lipinski definition) is 3. The molecule has 0 aromatic heterocycles. The summed E-state index contributed by atoms with van der Waals surface area (Å²) < 4.78 is 22.8. The maximum absolute atomic E-state index is 12.1. The molecule has 0 aliphatic carbocycles. The molecule has 1 amide bonds. The molecule has 0 spiro atoms. The van der Waals surface area contributed by atoms with Gasteiger partial charge in [-0.2, -0.15) is 0 Å². The van der Waals surface area contributed by atoms with Gasteiger partial charge in [0.1, 0.15) is 4.90 Å². The Hall–Kier alpha value is -0.490. The van der Waals surface area contributed by atoms with Gasteiger partial charge in [-0.15, -0.1) is 0 Å². The largest absolute Gasteiger partial charge is 0.339 e. The molecule has 8 heteroatoms. The molecular weight excluding hydrogens is 333 g/mol. The maximum Gasteiger partial charge on any atom is 0.262 e. The zero-order valence-electron chi connectivity index (χ0n) is 10.3. The smallest absolute Gasteiger partial charge is 0.262 e. The van der Waals surface area contributed by atoms with E-state index in [1.54, 1.807) is 0 Å². The predicted octanol–water partition coefficient (Wildman–Crippen LogP) is 3.40. The fourth-order valence-corrected chi connectivity index (χ4v) is 3.32. The summed E-state index contributed by atoms with van der Waals surface area (Å²) in [5.41, 5.74) is 0.136. The van der Waals surface area contributed by atoms with Crippen LogP contribution in [-0.4, -0.2) is 32.3 Å². The van der Waals surface area contributed by atoms with Crippen molar-refractivity contribution in [1.82, 2.24) is 4.90 Å². The van der Waals surface area contributed by atoms with E-state index in [0.29, 0.717) is 13.1 Å². The molecule has 0 saturated heterocycles. The summed E-state index contributed by atoms with van der Waals surface area (Å²) in [6.07, 6.45) is 0. The van der Waals surface area contributed by atoms with Gasteiger partial charge in [0.2, 0.25) is 0 Å². The van der Waals surface area contributed by atoms with Crippen LogP contribution in [0.5, 0.6) is 0 Å². The van der Waals surface area contributed by atoms with E-state index < -0.39 is 9.05 Å². The van der Waals surface area contributed by atoms with E-state index in [1.807, 2.05) is 13.8 Å². The van der Waals surface area contributed by atoms with E-state index in [2.05, 4.69) is 0 Å². The van der Waals surface area contributed by atoms with Gasteiger partial charge in [0.25, 0.3) is 15.0 Å². The lowest BCUT2D eigenvalue weighted by Crippen LogP contribution is -2.30. The van der Waals surface area contributed by atoms with Crippen molar-refractivity contribution in [2.45, 2.75) is 18.7 Å². The Bertz CT molecular complexity index is 597. The molecule has 106 valence electrons. The summed E-state index contributed by atoms with van der Waals surface area (Å²) in [4.78, 5) is 13.3. The third kappa shape index (κ3) is 3.75. The lowest BCUT2D eigenvalue weighted by atomic mass is 10.2. The zero-order chi connectivity index (χ0) is 14.8. The van der Waals surface area contributed by atoms with Crippen LogP contribution in [0, 0.1) is 0 Å². The highest BCUT2D eigenvalue weighted by Crippen LogP contribution is 2.33. The summed E-state index contributed by atoms with van der Waals surface area (Å²) in [7, 11) is 1.20. The minimum absolute atomic E-state index is 0.0288. The van der Waals surface area contributed by atoms with Crippen molar-refractivity contribution < 1.29 is 13.2 Å². The van der Waals surface area contributed by atoms with E-state index in [-0.39, 0.29) is 26.4 Å². The average Bonchev–Trinajstić information content (AvgIpc) is 2.32. The van der Waals surface area contributed by atoms with E-state index in [0.717, 1.165) is 6.07 Å². The van der Waals surface area contributed by atoms with Crippen LogP contribution in [-0.2, 0) is 9.05 Å². The molecule has 19 heavy (non-hydrogen) atoms. The first-order valence-corrected chi connectivity index (χ1v) is 8.51. The molecule has 0 radical (unpaired) electrons. The van der Waals surface area contributed by atoms with Crippen LogP contribution in [0.3, 0.4) is 0 Å². The molecule has 1 aromatic carbocycles. The highest BCUT2D eigenvalue weighted by molar-refractivity contribution is 8.13. The first kappa shape index (κ1) is 16.6. The molecule has 0 bridgehead atoms. The zero-order valence-corrected chi connectivity index (χ0v) is 13.4. The number of rotatable bonds is 4. The lowest BCUT2D eigenvalue weighted by Gasteiger charge is -2.19. The molecular formula is C11H12Cl3NO3S. The summed E-state index contributed by atoms with van der Waals surface area (Å²) in [5, 5.41) is -0.216. The second-order valence-electron chi connectivity index (χ2n) is 3.69. The van der Waals surface area contributed by atoms with Gasteiger partial charge in [-0.3, -0.25) is 4.79 Å². The maximum atomic E-state index is 12.1. The van der Waals surface area contributed by atoms with Crippen LogP contribution in [0.1, 0.15) is 24.2 Å². The molecule has 0 saturated carbocycles. The molecule has 0 unspecified atom stereocenters. The minimum Gasteiger partial charge on any atom is -0.339 e. The second kappa shape index (κ2) is 6.31. The predicted molar refractivity (Wildman–Crippen MR) is 76.8 cm³/mol. The standard InChI is InChI=1S/C11H12Cl3NO3S/c1-3-15(4-2)11(16)7-5-8(12)10(13)9(6-7)19(14,17)18/h5-6H,3-4H2,1-2H3. The molecule has 0 atom stereocenters. The van der Waals surface area contributed by atoms with Crippen molar-refractivity contribution in [2.24, 2.45) is 0 Å². The van der Waals surface area contributed by atoms with Gasteiger partial charge in [0, 0.05) is 29.3 Å². The fourth-order valence-electron chi connectivity index (χ4n) is 1.56. The van der Waals surface area contributed by atoms with Gasteiger partial charge in [0.05, 0.1) is 10.0 Å². The molecule has 0 N–H and O–H groups in total. The summed E-state index contributed by atoms with van der Waals surface area (Å²) in [5.74, 6) is -0.329. The van der Waals surface area contributed by atoms with Crippen molar-refractivity contribution in [2.75, 3.05) is 13.1 Å². The number of carbonyl (C=O) groups is 1. The van der Waals surface area contributed by atoms with E-state index in [9.17, 15) is 13.2 Å². The monoisotopic (exact) mass is 343 g/mol. The topological polar surface area (TPSA) is 54.5 Å². The third-order valence-corrected chi connectivity index (χ3v) is 4.82. The molecule has 0 fully saturated rings. The average molecular weight is 345 g/mol. The van der Waals surface area contributed by atoms with Crippen LogP contribution in [0.4, 0.5) is 0 Å². The Morgan fingerprint density at radius 2 is 1.74 bits per heavy atom. The molecule has 0 aliphatic heterocycles. The van der Waals surface area contributed by atoms with Gasteiger partial charge in [-0.05, 0) is 26.0 Å². The van der Waals surface area contributed by atoms with Crippen LogP contribution in [0.2, 0.25) is 10.0 Å². The van der Waals surface area contributed by atoms with E-state index >= 15 is 0 Å². The van der Waals surface area contributed by atoms with Crippen molar-refractivity contribution in [3.63, 3.8) is 0 Å². The van der Waals surface area contributed by atoms with Crippen molar-refractivity contribution in [3.8, 4) is 0 Å². The fraction of sp³-hybridized carbons (Fsp3) is 0.364. The highest BCUT2D eigenvalue weighted by Gasteiger charge is 2.22. The molecule has 1 rings (SSSR count). The Labute approximate surface area is 126 Å². The summed E-state index contributed by atoms with van der Waals surface area (Å²) in [6, 6.07) is 2.47. The first-order valence-electron chi connectivity index (χ1n) is 5.45. The van der Waals surface area contributed by atoms with Crippen LogP contribution >= 0.6 is 33.9 Å². The second-order valence-corrected chi connectivity index (χ2v) is 7.01. The first-order chi connectivity index (χ1) is 8.72. The van der Waals surface area contributed by atoms with Crippen LogP contribution in [0.15, 0.2) is 17.0 Å². The Morgan fingerprint density at radius 1 is 1.21 bits per heavy atom. The number of carbonyl (C=O) groups excluding carboxylic acids is 1. The van der Waals surface area contributed by atoms with E-state index in [4.69, 9.17) is 33.9 Å². The van der Waals surface area contributed by atoms with Crippen LogP contribution < -0.4 is 0 Å². The minimum atomic E-state index is -4.07. The quantitative estimate of drug-likeness (QED) is 0.787. The van der Waals surface area contributed by atoms with Gasteiger partial charge in [0.15, 0.2) is 0 Å². The van der Waals surface area contributed by atoms with Gasteiger partial charge < -0.3 is 4.90 Å². The third-order valence-electron chi connectivity index (χ3n) is 2.56. The van der Waals surface area contributed by atoms with Crippen molar-refractivity contribution in [3.05, 3.63) is 27.7 Å². The van der Waals surface area contributed by atoms with Gasteiger partial charge in [-0.1, -0.05) is 23.2 Å². The Kier molecular flexibility index (Phi) is 5.50. The van der Waals surface area contributed by atoms with Gasteiger partial charge >= 0.3 is 0 Å². The molecule has 4 nitrogen and oxygen atoms in total.